The van der Waals surface area contributed by atoms with Gasteiger partial charge in [0.05, 0.1) is 11.1 Å². The van der Waals surface area contributed by atoms with Crippen LogP contribution in [0.15, 0.2) is 72.8 Å². The zero-order valence-electron chi connectivity index (χ0n) is 19.3. The van der Waals surface area contributed by atoms with Gasteiger partial charge in [0, 0.05) is 36.9 Å². The largest absolute Gasteiger partial charge is 0.416 e. The van der Waals surface area contributed by atoms with Gasteiger partial charge < -0.3 is 15.5 Å². The van der Waals surface area contributed by atoms with Crippen molar-refractivity contribution in [3.05, 3.63) is 101 Å². The Labute approximate surface area is 206 Å². The number of alkyl halides is 3. The average molecular weight is 500 g/mol. The van der Waals surface area contributed by atoms with E-state index < -0.39 is 17.6 Å². The third-order valence-electron chi connectivity index (χ3n) is 6.16. The minimum absolute atomic E-state index is 0.129. The van der Waals surface area contributed by atoms with Gasteiger partial charge in [-0.05, 0) is 66.9 Å². The van der Waals surface area contributed by atoms with Crippen LogP contribution in [-0.4, -0.2) is 30.9 Å². The van der Waals surface area contributed by atoms with Crippen molar-refractivity contribution < 1.29 is 27.2 Å². The summed E-state index contributed by atoms with van der Waals surface area (Å²) in [5.74, 6) is -0.996. The van der Waals surface area contributed by atoms with Gasteiger partial charge in [-0.15, -0.1) is 0 Å². The first-order chi connectivity index (χ1) is 17.2. The number of para-hydroxylation sites is 1. The van der Waals surface area contributed by atoms with Gasteiger partial charge in [0.2, 0.25) is 0 Å². The molecule has 1 aliphatic heterocycles. The number of amides is 2. The highest BCUT2D eigenvalue weighted by atomic mass is 19.4. The molecule has 9 heteroatoms. The Bertz CT molecular complexity index is 1200. The molecular weight excluding hydrogens is 474 g/mol. The molecule has 5 nitrogen and oxygen atoms in total. The molecule has 2 N–H and O–H groups in total. The van der Waals surface area contributed by atoms with Gasteiger partial charge in [-0.1, -0.05) is 24.3 Å². The molecule has 1 heterocycles. The first-order valence-corrected chi connectivity index (χ1v) is 11.6. The lowest BCUT2D eigenvalue weighted by Crippen LogP contribution is -2.45. The van der Waals surface area contributed by atoms with E-state index in [4.69, 9.17) is 0 Å². The van der Waals surface area contributed by atoms with Crippen molar-refractivity contribution in [1.82, 2.24) is 10.6 Å². The second kappa shape index (κ2) is 10.8. The summed E-state index contributed by atoms with van der Waals surface area (Å²) >= 11 is 0. The van der Waals surface area contributed by atoms with E-state index in [9.17, 15) is 27.2 Å². The molecule has 1 fully saturated rings. The summed E-state index contributed by atoms with van der Waals surface area (Å²) in [5.41, 5.74) is 1.46. The summed E-state index contributed by atoms with van der Waals surface area (Å²) in [6, 6.07) is 17.2. The van der Waals surface area contributed by atoms with Crippen LogP contribution in [0.1, 0.15) is 44.7 Å². The van der Waals surface area contributed by atoms with Gasteiger partial charge >= 0.3 is 6.18 Å². The molecule has 0 aromatic heterocycles. The number of rotatable bonds is 6. The van der Waals surface area contributed by atoms with Crippen molar-refractivity contribution in [3.8, 4) is 0 Å². The third kappa shape index (κ3) is 6.21. The monoisotopic (exact) mass is 499 g/mol. The van der Waals surface area contributed by atoms with Crippen LogP contribution >= 0.6 is 0 Å². The maximum absolute atomic E-state index is 13.1. The SMILES string of the molecule is O=C(NC1CCN(c2ccccc2C(=O)NCc2ccc(F)cc2)CC1)c1ccc(C(F)(F)F)cc1. The molecule has 4 rings (SSSR count). The smallest absolute Gasteiger partial charge is 0.371 e. The van der Waals surface area contributed by atoms with Crippen LogP contribution in [0.25, 0.3) is 0 Å². The lowest BCUT2D eigenvalue weighted by atomic mass is 10.0. The number of nitrogens with zero attached hydrogens (tertiary/aromatic N) is 1. The molecule has 0 atom stereocenters. The van der Waals surface area contributed by atoms with Crippen LogP contribution < -0.4 is 15.5 Å². The summed E-state index contributed by atoms with van der Waals surface area (Å²) in [7, 11) is 0. The van der Waals surface area contributed by atoms with E-state index >= 15 is 0 Å². The Morgan fingerprint density at radius 3 is 2.14 bits per heavy atom. The van der Waals surface area contributed by atoms with Gasteiger partial charge in [-0.3, -0.25) is 9.59 Å². The van der Waals surface area contributed by atoms with Crippen LogP contribution in [0.5, 0.6) is 0 Å². The highest BCUT2D eigenvalue weighted by Gasteiger charge is 2.30. The van der Waals surface area contributed by atoms with E-state index in [0.717, 1.165) is 23.4 Å². The topological polar surface area (TPSA) is 61.4 Å². The summed E-state index contributed by atoms with van der Waals surface area (Å²) in [5, 5.41) is 5.76. The van der Waals surface area contributed by atoms with E-state index in [1.165, 1.54) is 24.3 Å². The molecule has 1 aliphatic rings. The number of nitrogens with one attached hydrogen (secondary N) is 2. The molecule has 0 spiro atoms. The molecule has 0 bridgehead atoms. The third-order valence-corrected chi connectivity index (χ3v) is 6.16. The molecule has 0 unspecified atom stereocenters. The van der Waals surface area contributed by atoms with Crippen molar-refractivity contribution >= 4 is 17.5 Å². The number of piperidine rings is 1. The zero-order chi connectivity index (χ0) is 25.7. The first kappa shape index (κ1) is 25.2. The van der Waals surface area contributed by atoms with Crippen molar-refractivity contribution in [1.29, 1.82) is 0 Å². The molecule has 0 saturated carbocycles. The van der Waals surface area contributed by atoms with Crippen molar-refractivity contribution in [3.63, 3.8) is 0 Å². The lowest BCUT2D eigenvalue weighted by molar-refractivity contribution is -0.137. The highest BCUT2D eigenvalue weighted by molar-refractivity contribution is 5.99. The summed E-state index contributed by atoms with van der Waals surface area (Å²) < 4.78 is 51.3. The van der Waals surface area contributed by atoms with Crippen molar-refractivity contribution in [2.75, 3.05) is 18.0 Å². The Morgan fingerprint density at radius 2 is 1.50 bits per heavy atom. The van der Waals surface area contributed by atoms with E-state index in [1.807, 2.05) is 12.1 Å². The van der Waals surface area contributed by atoms with Gasteiger partial charge in [0.15, 0.2) is 0 Å². The molecule has 2 amide bonds. The first-order valence-electron chi connectivity index (χ1n) is 11.6. The van der Waals surface area contributed by atoms with Gasteiger partial charge in [0.25, 0.3) is 11.8 Å². The number of anilines is 1. The standard InChI is InChI=1S/C27H25F4N3O2/c28-21-11-5-18(6-12-21)17-32-26(36)23-3-1-2-4-24(23)34-15-13-22(14-16-34)33-25(35)19-7-9-20(10-8-19)27(29,30)31/h1-12,22H,13-17H2,(H,32,36)(H,33,35). The van der Waals surface area contributed by atoms with Crippen LogP contribution in [0.3, 0.4) is 0 Å². The lowest BCUT2D eigenvalue weighted by Gasteiger charge is -2.35. The number of benzene rings is 3. The van der Waals surface area contributed by atoms with Crippen LogP contribution in [0.4, 0.5) is 23.2 Å². The average Bonchev–Trinajstić information content (AvgIpc) is 2.88. The van der Waals surface area contributed by atoms with Crippen LogP contribution in [0, 0.1) is 5.82 Å². The maximum atomic E-state index is 13.1. The van der Waals surface area contributed by atoms with Crippen molar-refractivity contribution in [2.45, 2.75) is 31.6 Å². The molecule has 188 valence electrons. The fraction of sp³-hybridized carbons (Fsp3) is 0.259. The molecule has 36 heavy (non-hydrogen) atoms. The van der Waals surface area contributed by atoms with Gasteiger partial charge in [-0.2, -0.15) is 13.2 Å². The Balaban J connectivity index is 1.33. The van der Waals surface area contributed by atoms with E-state index in [2.05, 4.69) is 15.5 Å². The normalized spacial score (nSPS) is 14.4. The second-order valence-electron chi connectivity index (χ2n) is 8.64. The maximum Gasteiger partial charge on any atom is 0.416 e. The summed E-state index contributed by atoms with van der Waals surface area (Å²) in [6.45, 7) is 1.46. The summed E-state index contributed by atoms with van der Waals surface area (Å²) in [4.78, 5) is 27.4. The van der Waals surface area contributed by atoms with Crippen LogP contribution in [0.2, 0.25) is 0 Å². The molecular formula is C27H25F4N3O2. The van der Waals surface area contributed by atoms with Crippen molar-refractivity contribution in [2.24, 2.45) is 0 Å². The Morgan fingerprint density at radius 1 is 0.861 bits per heavy atom. The van der Waals surface area contributed by atoms with Crippen LogP contribution in [-0.2, 0) is 12.7 Å². The Hall–Kier alpha value is -3.88. The number of carbonyl (C=O) groups excluding carboxylic acids is 2. The predicted octanol–water partition coefficient (Wildman–Crippen LogP) is 5.17. The predicted molar refractivity (Wildman–Crippen MR) is 128 cm³/mol. The van der Waals surface area contributed by atoms with E-state index in [1.54, 1.807) is 24.3 Å². The number of halogens is 4. The second-order valence-corrected chi connectivity index (χ2v) is 8.64. The van der Waals surface area contributed by atoms with E-state index in [0.29, 0.717) is 31.5 Å². The molecule has 3 aromatic rings. The van der Waals surface area contributed by atoms with Gasteiger partial charge in [0.1, 0.15) is 5.82 Å². The molecule has 0 aliphatic carbocycles. The zero-order valence-corrected chi connectivity index (χ0v) is 19.3. The fourth-order valence-corrected chi connectivity index (χ4v) is 4.17. The summed E-state index contributed by atoms with van der Waals surface area (Å²) in [6.07, 6.45) is -3.20. The fourth-order valence-electron chi connectivity index (χ4n) is 4.17. The quantitative estimate of drug-likeness (QED) is 0.460. The minimum atomic E-state index is -4.45. The number of hydrogen-bond acceptors (Lipinski definition) is 3. The minimum Gasteiger partial charge on any atom is -0.371 e. The highest BCUT2D eigenvalue weighted by Crippen LogP contribution is 2.29. The Kier molecular flexibility index (Phi) is 7.57. The molecule has 1 saturated heterocycles. The molecule has 3 aromatic carbocycles. The molecule has 0 radical (unpaired) electrons. The van der Waals surface area contributed by atoms with Gasteiger partial charge in [-0.25, -0.2) is 4.39 Å². The number of hydrogen-bond donors (Lipinski definition) is 2. The van der Waals surface area contributed by atoms with E-state index in [-0.39, 0.29) is 29.9 Å². The number of carbonyl (C=O) groups is 2.